The van der Waals surface area contributed by atoms with Crippen LogP contribution in [0.4, 0.5) is 0 Å². The number of Topliss-reactive ketones (excluding diaryl/α,β-unsaturated/α-hetero) is 3. The molecule has 7 heterocycles. The van der Waals surface area contributed by atoms with Gasteiger partial charge in [0.25, 0.3) is 0 Å². The van der Waals surface area contributed by atoms with Crippen LogP contribution in [-0.4, -0.2) is 106 Å². The Kier molecular flexibility index (Phi) is 22.4. The zero-order valence-electron chi connectivity index (χ0n) is 50.3. The molecule has 11 nitrogen and oxygen atoms in total. The molecule has 0 amide bonds. The van der Waals surface area contributed by atoms with Crippen LogP contribution in [0.25, 0.3) is 0 Å². The van der Waals surface area contributed by atoms with Gasteiger partial charge < -0.3 is 24.6 Å². The molecule has 7 aliphatic rings. The van der Waals surface area contributed by atoms with Crippen molar-refractivity contribution in [3.8, 4) is 23.0 Å². The van der Waals surface area contributed by atoms with Crippen molar-refractivity contribution in [2.45, 2.75) is 127 Å². The van der Waals surface area contributed by atoms with Crippen LogP contribution < -0.4 is 19.5 Å². The number of piperidine rings is 4. The van der Waals surface area contributed by atoms with Crippen LogP contribution in [0.2, 0.25) is 20.1 Å². The van der Waals surface area contributed by atoms with E-state index in [0.29, 0.717) is 33.6 Å². The molecule has 3 spiro atoms. The summed E-state index contributed by atoms with van der Waals surface area (Å²) in [5, 5.41) is 15.2. The maximum atomic E-state index is 12.5. The van der Waals surface area contributed by atoms with Crippen LogP contribution in [0.1, 0.15) is 126 Å². The lowest BCUT2D eigenvalue weighted by Crippen LogP contribution is -2.50. The predicted molar refractivity (Wildman–Crippen MR) is 353 cm³/mol. The van der Waals surface area contributed by atoms with Gasteiger partial charge in [0.15, 0.2) is 11.6 Å². The van der Waals surface area contributed by atoms with Crippen molar-refractivity contribution >= 4 is 63.8 Å². The molecule has 88 heavy (non-hydrogen) atoms. The normalized spacial score (nSPS) is 18.9. The first-order valence-corrected chi connectivity index (χ1v) is 32.6. The summed E-state index contributed by atoms with van der Waals surface area (Å²) in [6.07, 6.45) is 12.6. The van der Waals surface area contributed by atoms with Gasteiger partial charge in [-0.2, -0.15) is 0 Å². The van der Waals surface area contributed by atoms with E-state index in [-0.39, 0.29) is 39.7 Å². The van der Waals surface area contributed by atoms with E-state index in [9.17, 15) is 14.4 Å². The molecule has 7 aromatic rings. The molecule has 0 bridgehead atoms. The number of carbonyl (C=O) groups is 3. The van der Waals surface area contributed by atoms with E-state index in [1.807, 2.05) is 54.6 Å². The standard InChI is InChI=1S/C20H20ClNO2.C20H22ClNO.C13H16ClNO.C12H15NO.C8H7ClO2/c21-16-6-7-19-17(12-16)18(23)13-20(24-19)8-10-22(11-9-20)14-15-4-2-1-3-5-15;21-18-6-7-19-17(14-18)8-9-20(23-19)10-12-22(13-11-20)15-16-4-2-1-3-5-16;14-11-1-2-12-10(9-11)3-4-13(16-12)5-7-15-8-6-13;14-12-6-8-13(9-7-12)10-11-4-2-1-3-5-11;1-5(10)7-4-6(9)2-3-8(7)11/h1-7,12H,8-11,13-14H2;1-7,14H,8-13,15H2;1-2,9,15H,3-8H2;1-5H,6-10H2;2-4,11H,1H3. The number of fused-ring (bicyclic) bond motifs is 3. The van der Waals surface area contributed by atoms with Gasteiger partial charge in [-0.25, -0.2) is 0 Å². The van der Waals surface area contributed by atoms with Gasteiger partial charge in [0.1, 0.15) is 45.6 Å². The van der Waals surface area contributed by atoms with E-state index in [2.05, 4.69) is 98.9 Å². The molecule has 4 fully saturated rings. The Morgan fingerprint density at radius 1 is 0.466 bits per heavy atom. The quantitative estimate of drug-likeness (QED) is 0.148. The number of nitrogens with zero attached hydrogens (tertiary/aromatic N) is 3. The van der Waals surface area contributed by atoms with Gasteiger partial charge in [0, 0.05) is 105 Å². The fourth-order valence-electron chi connectivity index (χ4n) is 12.8. The minimum Gasteiger partial charge on any atom is -0.507 e. The third-order valence-electron chi connectivity index (χ3n) is 18.0. The number of rotatable bonds is 7. The van der Waals surface area contributed by atoms with Crippen LogP contribution in [-0.2, 0) is 37.3 Å². The third-order valence-corrected chi connectivity index (χ3v) is 18.9. The molecule has 15 heteroatoms. The number of aryl methyl sites for hydroxylation is 2. The van der Waals surface area contributed by atoms with Crippen molar-refractivity contribution in [1.82, 2.24) is 20.0 Å². The molecule has 7 aliphatic heterocycles. The van der Waals surface area contributed by atoms with Gasteiger partial charge >= 0.3 is 0 Å². The highest BCUT2D eigenvalue weighted by Crippen LogP contribution is 2.43. The zero-order valence-corrected chi connectivity index (χ0v) is 53.3. The maximum Gasteiger partial charge on any atom is 0.170 e. The number of nitrogens with one attached hydrogen (secondary N) is 1. The second-order valence-corrected chi connectivity index (χ2v) is 26.1. The summed E-state index contributed by atoms with van der Waals surface area (Å²) in [7, 11) is 0. The lowest BCUT2D eigenvalue weighted by atomic mass is 9.82. The highest BCUT2D eigenvalue weighted by molar-refractivity contribution is 6.32. The number of aromatic hydroxyl groups is 1. The van der Waals surface area contributed by atoms with Gasteiger partial charge in [-0.1, -0.05) is 137 Å². The lowest BCUT2D eigenvalue weighted by Gasteiger charge is -2.44. The Morgan fingerprint density at radius 2 is 0.864 bits per heavy atom. The van der Waals surface area contributed by atoms with Crippen LogP contribution in [0.3, 0.4) is 0 Å². The number of phenolic OH excluding ortho intramolecular Hbond substituents is 1. The van der Waals surface area contributed by atoms with Crippen LogP contribution >= 0.6 is 46.4 Å². The molecule has 0 radical (unpaired) electrons. The Bertz CT molecular complexity index is 3450. The number of halogens is 4. The third kappa shape index (κ3) is 18.0. The fraction of sp³-hybridized carbons (Fsp3) is 0.384. The molecule has 0 atom stereocenters. The number of carbonyl (C=O) groups excluding carboxylic acids is 3. The number of ketones is 3. The first-order chi connectivity index (χ1) is 42.6. The average Bonchev–Trinajstić information content (AvgIpc) is 2.13. The summed E-state index contributed by atoms with van der Waals surface area (Å²) in [5.41, 5.74) is 7.25. The Hall–Kier alpha value is -6.25. The Labute approximate surface area is 539 Å². The maximum absolute atomic E-state index is 12.5. The largest absolute Gasteiger partial charge is 0.507 e. The molecule has 2 N–H and O–H groups in total. The van der Waals surface area contributed by atoms with Crippen molar-refractivity contribution in [2.75, 3.05) is 52.4 Å². The van der Waals surface area contributed by atoms with E-state index >= 15 is 0 Å². The molecule has 462 valence electrons. The molecule has 4 saturated heterocycles. The number of likely N-dealkylation sites (tertiary alicyclic amines) is 3. The second-order valence-electron chi connectivity index (χ2n) is 24.4. The topological polar surface area (TPSA) is 121 Å². The fourth-order valence-corrected chi connectivity index (χ4v) is 13.6. The summed E-state index contributed by atoms with van der Waals surface area (Å²) in [6, 6.07) is 53.4. The van der Waals surface area contributed by atoms with Crippen molar-refractivity contribution < 1.29 is 33.7 Å². The summed E-state index contributed by atoms with van der Waals surface area (Å²) in [5.74, 6) is 3.11. The Balaban J connectivity index is 0.000000125. The summed E-state index contributed by atoms with van der Waals surface area (Å²) >= 11 is 23.7. The van der Waals surface area contributed by atoms with Crippen molar-refractivity contribution in [2.24, 2.45) is 0 Å². The van der Waals surface area contributed by atoms with E-state index in [0.717, 1.165) is 171 Å². The van der Waals surface area contributed by atoms with Gasteiger partial charge in [0.2, 0.25) is 0 Å². The highest BCUT2D eigenvalue weighted by Gasteiger charge is 2.44. The number of phenols is 1. The molecule has 0 saturated carbocycles. The number of hydrogen-bond donors (Lipinski definition) is 2. The SMILES string of the molecule is CC(=O)c1cc(Cl)ccc1O.Clc1ccc2c(c1)CCC1(CCN(Cc3ccccc3)CC1)O2.Clc1ccc2c(c1)CCC1(CCNCC1)O2.O=C1CC2(CCN(Cc3ccccc3)CC2)Oc2ccc(Cl)cc21.O=C1CCN(Cc2ccccc2)CC1. The van der Waals surface area contributed by atoms with Crippen LogP contribution in [0, 0.1) is 0 Å². The Morgan fingerprint density at radius 3 is 1.33 bits per heavy atom. The molecule has 0 aliphatic carbocycles. The second kappa shape index (κ2) is 30.5. The van der Waals surface area contributed by atoms with E-state index in [1.54, 1.807) is 12.1 Å². The summed E-state index contributed by atoms with van der Waals surface area (Å²) in [6.45, 7) is 12.5. The lowest BCUT2D eigenvalue weighted by molar-refractivity contribution is -0.121. The average molecular weight is 1270 g/mol. The summed E-state index contributed by atoms with van der Waals surface area (Å²) < 4.78 is 18.9. The van der Waals surface area contributed by atoms with Crippen molar-refractivity contribution in [1.29, 1.82) is 0 Å². The number of ether oxygens (including phenoxy) is 3. The van der Waals surface area contributed by atoms with Crippen LogP contribution in [0.15, 0.2) is 164 Å². The number of benzene rings is 7. The van der Waals surface area contributed by atoms with Gasteiger partial charge in [-0.15, -0.1) is 0 Å². The molecule has 14 rings (SSSR count). The van der Waals surface area contributed by atoms with Gasteiger partial charge in [-0.05, 0) is 172 Å². The zero-order chi connectivity index (χ0) is 61.5. The van der Waals surface area contributed by atoms with E-state index in [1.165, 1.54) is 52.9 Å². The van der Waals surface area contributed by atoms with Crippen molar-refractivity contribution in [3.63, 3.8) is 0 Å². The molecule has 0 unspecified atom stereocenters. The molecule has 0 aromatic heterocycles. The first kappa shape index (κ1) is 64.7. The highest BCUT2D eigenvalue weighted by atomic mass is 35.5. The van der Waals surface area contributed by atoms with Gasteiger partial charge in [0.05, 0.1) is 17.5 Å². The monoisotopic (exact) mass is 1260 g/mol. The van der Waals surface area contributed by atoms with Gasteiger partial charge in [-0.3, -0.25) is 29.1 Å². The minimum absolute atomic E-state index is 0.0260. The van der Waals surface area contributed by atoms with Crippen molar-refractivity contribution in [3.05, 3.63) is 223 Å². The van der Waals surface area contributed by atoms with E-state index in [4.69, 9.17) is 65.7 Å². The minimum atomic E-state index is -0.342. The molecular weight excluding hydrogens is 1190 g/mol. The molecule has 7 aromatic carbocycles. The van der Waals surface area contributed by atoms with E-state index < -0.39 is 0 Å². The van der Waals surface area contributed by atoms with Crippen LogP contribution in [0.5, 0.6) is 23.0 Å². The smallest absolute Gasteiger partial charge is 0.170 e. The number of hydrogen-bond acceptors (Lipinski definition) is 11. The first-order valence-electron chi connectivity index (χ1n) is 31.1. The predicted octanol–water partition coefficient (Wildman–Crippen LogP) is 15.9. The summed E-state index contributed by atoms with van der Waals surface area (Å²) in [4.78, 5) is 41.7. The molecular formula is C73H80Cl4N4O7.